The number of nitrogens with one attached hydrogen (secondary N) is 1. The van der Waals surface area contributed by atoms with Crippen LogP contribution in [0.2, 0.25) is 0 Å². The highest BCUT2D eigenvalue weighted by Crippen LogP contribution is 2.39. The second-order valence-corrected chi connectivity index (χ2v) is 12.7. The molecule has 4 amide bonds. The van der Waals surface area contributed by atoms with Crippen LogP contribution in [0.4, 0.5) is 0 Å². The largest absolute Gasteiger partial charge is 0.359 e. The first-order chi connectivity index (χ1) is 22.5. The monoisotopic (exact) mass is 627 g/mol. The first kappa shape index (κ1) is 31.9. The van der Waals surface area contributed by atoms with Crippen LogP contribution in [-0.4, -0.2) is 107 Å². The van der Waals surface area contributed by atoms with Gasteiger partial charge in [-0.25, -0.2) is 0 Å². The maximum absolute atomic E-state index is 14.3. The molecule has 3 heterocycles. The van der Waals surface area contributed by atoms with E-state index in [1.807, 2.05) is 77.7 Å². The summed E-state index contributed by atoms with van der Waals surface area (Å²) in [4.78, 5) is 61.8. The van der Waals surface area contributed by atoms with Crippen molar-refractivity contribution in [3.63, 3.8) is 0 Å². The summed E-state index contributed by atoms with van der Waals surface area (Å²) in [6.45, 7) is 2.69. The van der Waals surface area contributed by atoms with Gasteiger partial charge in [-0.15, -0.1) is 0 Å². The van der Waals surface area contributed by atoms with Crippen molar-refractivity contribution in [2.75, 3.05) is 39.8 Å². The summed E-state index contributed by atoms with van der Waals surface area (Å²) in [5.74, 6) is -0.899. The highest BCUT2D eigenvalue weighted by atomic mass is 16.5. The molecule has 10 nitrogen and oxygen atoms in total. The number of carbonyl (C=O) groups is 4. The van der Waals surface area contributed by atoms with Crippen LogP contribution in [0.3, 0.4) is 0 Å². The zero-order chi connectivity index (χ0) is 32.0. The van der Waals surface area contributed by atoms with Gasteiger partial charge in [-0.05, 0) is 24.8 Å². The Balaban J connectivity index is 1.27. The SMILES string of the molecule is CNC(=O)CC[C@@H](C(=O)N1CCN(C2CCCCC2)CC1)N1C(=O)[C@@H](N2C(=O)CO[C@@H]2c2ccccc2)[C@H]1/C=C/c1ccccc1. The van der Waals surface area contributed by atoms with E-state index in [9.17, 15) is 19.2 Å². The van der Waals surface area contributed by atoms with Gasteiger partial charge < -0.3 is 19.9 Å². The number of hydrogen-bond acceptors (Lipinski definition) is 6. The van der Waals surface area contributed by atoms with Crippen LogP contribution in [0.1, 0.15) is 62.3 Å². The summed E-state index contributed by atoms with van der Waals surface area (Å²) in [5.41, 5.74) is 1.73. The van der Waals surface area contributed by atoms with Crippen LogP contribution in [0.15, 0.2) is 66.7 Å². The Bertz CT molecular complexity index is 1400. The number of benzene rings is 2. The average Bonchev–Trinajstić information content (AvgIpc) is 3.48. The number of nitrogens with zero attached hydrogens (tertiary/aromatic N) is 4. The highest BCUT2D eigenvalue weighted by Gasteiger charge is 2.58. The number of amides is 4. The van der Waals surface area contributed by atoms with E-state index in [0.717, 1.165) is 24.2 Å². The summed E-state index contributed by atoms with van der Waals surface area (Å²) in [6, 6.07) is 17.5. The van der Waals surface area contributed by atoms with E-state index in [4.69, 9.17) is 4.74 Å². The first-order valence-corrected chi connectivity index (χ1v) is 16.7. The fourth-order valence-electron chi connectivity index (χ4n) is 7.48. The number of rotatable bonds is 10. The van der Waals surface area contributed by atoms with Gasteiger partial charge in [-0.1, -0.05) is 92.1 Å². The molecule has 0 bridgehead atoms. The van der Waals surface area contributed by atoms with Crippen LogP contribution in [-0.2, 0) is 23.9 Å². The molecule has 3 aliphatic heterocycles. The summed E-state index contributed by atoms with van der Waals surface area (Å²) in [7, 11) is 1.57. The van der Waals surface area contributed by atoms with Crippen molar-refractivity contribution in [3.05, 3.63) is 77.9 Å². The Hall–Kier alpha value is -4.02. The smallest absolute Gasteiger partial charge is 0.251 e. The van der Waals surface area contributed by atoms with E-state index in [1.54, 1.807) is 11.9 Å². The van der Waals surface area contributed by atoms with Crippen molar-refractivity contribution in [2.24, 2.45) is 0 Å². The quantitative estimate of drug-likeness (QED) is 0.406. The van der Waals surface area contributed by atoms with Crippen LogP contribution in [0.5, 0.6) is 0 Å². The molecule has 4 aliphatic rings. The molecule has 0 radical (unpaired) electrons. The van der Waals surface area contributed by atoms with E-state index < -0.39 is 24.4 Å². The predicted molar refractivity (Wildman–Crippen MR) is 174 cm³/mol. The first-order valence-electron chi connectivity index (χ1n) is 16.7. The van der Waals surface area contributed by atoms with Crippen molar-refractivity contribution in [2.45, 2.75) is 75.3 Å². The molecule has 0 spiro atoms. The lowest BCUT2D eigenvalue weighted by Gasteiger charge is -2.53. The van der Waals surface area contributed by atoms with Crippen LogP contribution in [0.25, 0.3) is 6.08 Å². The Morgan fingerprint density at radius 1 is 0.935 bits per heavy atom. The molecule has 4 fully saturated rings. The molecule has 3 saturated heterocycles. The maximum Gasteiger partial charge on any atom is 0.251 e. The Kier molecular flexibility index (Phi) is 10.1. The average molecular weight is 628 g/mol. The molecule has 0 unspecified atom stereocenters. The standard InChI is InChI=1S/C36H45N5O5/c1-37-31(42)20-19-30(34(44)39-23-21-38(22-24-39)28-15-9-4-10-16-28)40-29(18-17-26-11-5-2-6-12-26)33(35(40)45)41-32(43)25-46-36(41)27-13-7-3-8-14-27/h2-3,5-8,11-14,17-18,28-30,33,36H,4,9-10,15-16,19-25H2,1H3,(H,37,42)/b18-17+/t29-,30+,33+,36-/m1/s1. The van der Waals surface area contributed by atoms with E-state index in [2.05, 4.69) is 10.2 Å². The number of likely N-dealkylation sites (tertiary alicyclic amines) is 1. The third-order valence-corrected chi connectivity index (χ3v) is 9.99. The fourth-order valence-corrected chi connectivity index (χ4v) is 7.48. The second-order valence-electron chi connectivity index (χ2n) is 12.7. The summed E-state index contributed by atoms with van der Waals surface area (Å²) < 4.78 is 5.92. The third-order valence-electron chi connectivity index (χ3n) is 9.99. The lowest BCUT2D eigenvalue weighted by molar-refractivity contribution is -0.174. The zero-order valence-corrected chi connectivity index (χ0v) is 26.6. The van der Waals surface area contributed by atoms with Gasteiger partial charge in [0.2, 0.25) is 17.7 Å². The second kappa shape index (κ2) is 14.6. The minimum Gasteiger partial charge on any atom is -0.359 e. The predicted octanol–water partition coefficient (Wildman–Crippen LogP) is 3.21. The van der Waals surface area contributed by atoms with E-state index in [1.165, 1.54) is 37.0 Å². The number of carbonyl (C=O) groups excluding carboxylic acids is 4. The molecule has 6 rings (SSSR count). The Morgan fingerprint density at radius 3 is 2.28 bits per heavy atom. The van der Waals surface area contributed by atoms with Gasteiger partial charge >= 0.3 is 0 Å². The number of ether oxygens (including phenoxy) is 1. The minimum absolute atomic E-state index is 0.108. The summed E-state index contributed by atoms with van der Waals surface area (Å²) >= 11 is 0. The van der Waals surface area contributed by atoms with Gasteiger partial charge in [0.1, 0.15) is 18.7 Å². The fraction of sp³-hybridized carbons (Fsp3) is 0.500. The molecular formula is C36H45N5O5. The van der Waals surface area contributed by atoms with Crippen molar-refractivity contribution in [1.82, 2.24) is 24.9 Å². The van der Waals surface area contributed by atoms with Crippen LogP contribution in [0, 0.1) is 0 Å². The van der Waals surface area contributed by atoms with Gasteiger partial charge in [0.05, 0.1) is 6.04 Å². The molecule has 2 aromatic carbocycles. The minimum atomic E-state index is -0.835. The molecular weight excluding hydrogens is 582 g/mol. The number of hydrogen-bond donors (Lipinski definition) is 1. The topological polar surface area (TPSA) is 103 Å². The van der Waals surface area contributed by atoms with E-state index in [-0.39, 0.29) is 43.1 Å². The van der Waals surface area contributed by atoms with E-state index in [0.29, 0.717) is 19.1 Å². The van der Waals surface area contributed by atoms with Crippen molar-refractivity contribution in [1.29, 1.82) is 0 Å². The molecule has 1 aliphatic carbocycles. The molecule has 1 saturated carbocycles. The van der Waals surface area contributed by atoms with Gasteiger partial charge in [0, 0.05) is 51.3 Å². The highest BCUT2D eigenvalue weighted by molar-refractivity contribution is 5.99. The zero-order valence-electron chi connectivity index (χ0n) is 26.6. The molecule has 46 heavy (non-hydrogen) atoms. The lowest BCUT2D eigenvalue weighted by atomic mass is 9.87. The Morgan fingerprint density at radius 2 is 1.61 bits per heavy atom. The van der Waals surface area contributed by atoms with Crippen molar-refractivity contribution < 1.29 is 23.9 Å². The van der Waals surface area contributed by atoms with Gasteiger partial charge in [-0.2, -0.15) is 0 Å². The number of β-lactam (4-membered cyclic amide) rings is 1. The third kappa shape index (κ3) is 6.73. The van der Waals surface area contributed by atoms with Gasteiger partial charge in [-0.3, -0.25) is 29.0 Å². The molecule has 0 aromatic heterocycles. The van der Waals surface area contributed by atoms with E-state index >= 15 is 0 Å². The lowest BCUT2D eigenvalue weighted by Crippen LogP contribution is -2.74. The normalized spacial score (nSPS) is 25.2. The molecule has 2 aromatic rings. The van der Waals surface area contributed by atoms with Crippen LogP contribution < -0.4 is 5.32 Å². The van der Waals surface area contributed by atoms with Crippen molar-refractivity contribution in [3.8, 4) is 0 Å². The molecule has 4 atom stereocenters. The van der Waals surface area contributed by atoms with Gasteiger partial charge in [0.15, 0.2) is 6.23 Å². The molecule has 10 heteroatoms. The molecule has 244 valence electrons. The number of piperazine rings is 1. The molecule has 1 N–H and O–H groups in total. The maximum atomic E-state index is 14.3. The summed E-state index contributed by atoms with van der Waals surface area (Å²) in [5, 5.41) is 2.65. The van der Waals surface area contributed by atoms with Crippen molar-refractivity contribution >= 4 is 29.7 Å². The van der Waals surface area contributed by atoms with Crippen LogP contribution >= 0.6 is 0 Å². The van der Waals surface area contributed by atoms with Gasteiger partial charge in [0.25, 0.3) is 5.91 Å². The summed E-state index contributed by atoms with van der Waals surface area (Å²) in [6.07, 6.45) is 9.69. The Labute approximate surface area is 271 Å².